The van der Waals surface area contributed by atoms with Crippen LogP contribution < -0.4 is 10.6 Å². The average Bonchev–Trinajstić information content (AvgIpc) is 2.36. The Morgan fingerprint density at radius 1 is 1.33 bits per heavy atom. The largest absolute Gasteiger partial charge is 0.444 e. The van der Waals surface area contributed by atoms with Crippen molar-refractivity contribution in [3.63, 3.8) is 0 Å². The van der Waals surface area contributed by atoms with E-state index in [1.807, 2.05) is 0 Å². The van der Waals surface area contributed by atoms with Gasteiger partial charge in [0.05, 0.1) is 0 Å². The van der Waals surface area contributed by atoms with Crippen molar-refractivity contribution < 1.29 is 14.3 Å². The van der Waals surface area contributed by atoms with Crippen LogP contribution in [-0.2, 0) is 9.53 Å². The maximum Gasteiger partial charge on any atom is 0.407 e. The van der Waals surface area contributed by atoms with Crippen LogP contribution in [0, 0.1) is 12.3 Å². The second kappa shape index (κ2) is 7.34. The van der Waals surface area contributed by atoms with Crippen molar-refractivity contribution in [1.82, 2.24) is 5.32 Å². The van der Waals surface area contributed by atoms with Gasteiger partial charge in [-0.1, -0.05) is 12.0 Å². The molecular weight excluding hydrogens is 268 g/mol. The SMILES string of the molecule is C#Cc1cccc(NC(=O)CCNC(=O)OC(C)(C)C)c1. The van der Waals surface area contributed by atoms with Gasteiger partial charge in [-0.2, -0.15) is 0 Å². The van der Waals surface area contributed by atoms with Crippen LogP contribution in [0.2, 0.25) is 0 Å². The molecule has 0 saturated carbocycles. The smallest absolute Gasteiger partial charge is 0.407 e. The molecule has 0 heterocycles. The third kappa shape index (κ3) is 7.02. The monoisotopic (exact) mass is 288 g/mol. The van der Waals surface area contributed by atoms with Gasteiger partial charge in [0.25, 0.3) is 0 Å². The molecule has 2 N–H and O–H groups in total. The van der Waals surface area contributed by atoms with Gasteiger partial charge in [-0.3, -0.25) is 4.79 Å². The van der Waals surface area contributed by atoms with Gasteiger partial charge in [-0.05, 0) is 39.0 Å². The Morgan fingerprint density at radius 3 is 2.67 bits per heavy atom. The molecule has 5 nitrogen and oxygen atoms in total. The van der Waals surface area contributed by atoms with Gasteiger partial charge in [-0.15, -0.1) is 6.42 Å². The maximum atomic E-state index is 11.7. The number of carbonyl (C=O) groups is 2. The summed E-state index contributed by atoms with van der Waals surface area (Å²) in [5, 5.41) is 5.24. The molecule has 0 spiro atoms. The van der Waals surface area contributed by atoms with Gasteiger partial charge in [0.2, 0.25) is 5.91 Å². The fraction of sp³-hybridized carbons (Fsp3) is 0.375. The van der Waals surface area contributed by atoms with E-state index in [0.29, 0.717) is 11.3 Å². The minimum atomic E-state index is -0.554. The van der Waals surface area contributed by atoms with Crippen molar-refractivity contribution in [3.05, 3.63) is 29.8 Å². The second-order valence-corrected chi connectivity index (χ2v) is 5.45. The third-order valence-electron chi connectivity index (χ3n) is 2.33. The van der Waals surface area contributed by atoms with Crippen LogP contribution in [0.15, 0.2) is 24.3 Å². The van der Waals surface area contributed by atoms with Crippen molar-refractivity contribution in [1.29, 1.82) is 0 Å². The summed E-state index contributed by atoms with van der Waals surface area (Å²) < 4.78 is 5.06. The highest BCUT2D eigenvalue weighted by atomic mass is 16.6. The summed E-state index contributed by atoms with van der Waals surface area (Å²) in [6.45, 7) is 5.53. The molecule has 0 aliphatic rings. The van der Waals surface area contributed by atoms with Crippen LogP contribution in [0.3, 0.4) is 0 Å². The Labute approximate surface area is 125 Å². The first-order chi connectivity index (χ1) is 9.80. The molecule has 5 heteroatoms. The quantitative estimate of drug-likeness (QED) is 0.837. The molecule has 0 atom stereocenters. The van der Waals surface area contributed by atoms with E-state index in [1.54, 1.807) is 45.0 Å². The Bertz CT molecular complexity index is 553. The highest BCUT2D eigenvalue weighted by molar-refractivity contribution is 5.91. The molecule has 0 aliphatic carbocycles. The van der Waals surface area contributed by atoms with Crippen molar-refractivity contribution in [2.75, 3.05) is 11.9 Å². The lowest BCUT2D eigenvalue weighted by molar-refractivity contribution is -0.116. The number of anilines is 1. The first kappa shape index (κ1) is 16.6. The van der Waals surface area contributed by atoms with Gasteiger partial charge < -0.3 is 15.4 Å². The lowest BCUT2D eigenvalue weighted by Crippen LogP contribution is -2.34. The molecule has 0 radical (unpaired) electrons. The van der Waals surface area contributed by atoms with Crippen molar-refractivity contribution in [3.8, 4) is 12.3 Å². The number of nitrogens with one attached hydrogen (secondary N) is 2. The highest BCUT2D eigenvalue weighted by Gasteiger charge is 2.15. The minimum absolute atomic E-state index is 0.152. The lowest BCUT2D eigenvalue weighted by Gasteiger charge is -2.19. The molecule has 0 aliphatic heterocycles. The van der Waals surface area contributed by atoms with Crippen molar-refractivity contribution in [2.45, 2.75) is 32.8 Å². The molecule has 0 aromatic heterocycles. The Morgan fingerprint density at radius 2 is 2.05 bits per heavy atom. The van der Waals surface area contributed by atoms with Crippen molar-refractivity contribution >= 4 is 17.7 Å². The molecule has 2 amide bonds. The molecule has 21 heavy (non-hydrogen) atoms. The van der Waals surface area contributed by atoms with Gasteiger partial charge in [-0.25, -0.2) is 4.79 Å². The van der Waals surface area contributed by atoms with Gasteiger partial charge in [0, 0.05) is 24.2 Å². The molecule has 0 fully saturated rings. The maximum absolute atomic E-state index is 11.7. The van der Waals surface area contributed by atoms with E-state index >= 15 is 0 Å². The van der Waals surface area contributed by atoms with E-state index in [9.17, 15) is 9.59 Å². The second-order valence-electron chi connectivity index (χ2n) is 5.45. The number of amides is 2. The fourth-order valence-corrected chi connectivity index (χ4v) is 1.50. The number of carbonyl (C=O) groups excluding carboxylic acids is 2. The molecular formula is C16H20N2O3. The summed E-state index contributed by atoms with van der Waals surface area (Å²) in [4.78, 5) is 23.1. The highest BCUT2D eigenvalue weighted by Crippen LogP contribution is 2.10. The number of ether oxygens (including phenoxy) is 1. The zero-order chi connectivity index (χ0) is 15.9. The zero-order valence-corrected chi connectivity index (χ0v) is 12.5. The van der Waals surface area contributed by atoms with E-state index in [0.717, 1.165) is 0 Å². The van der Waals surface area contributed by atoms with E-state index < -0.39 is 11.7 Å². The van der Waals surface area contributed by atoms with Gasteiger partial charge >= 0.3 is 6.09 Å². The molecule has 0 saturated heterocycles. The number of terminal acetylenes is 1. The Kier molecular flexibility index (Phi) is 5.79. The molecule has 112 valence electrons. The molecule has 1 aromatic rings. The first-order valence-electron chi connectivity index (χ1n) is 6.63. The van der Waals surface area contributed by atoms with Crippen LogP contribution >= 0.6 is 0 Å². The fourth-order valence-electron chi connectivity index (χ4n) is 1.50. The summed E-state index contributed by atoms with van der Waals surface area (Å²) >= 11 is 0. The molecule has 0 unspecified atom stereocenters. The minimum Gasteiger partial charge on any atom is -0.444 e. The van der Waals surface area contributed by atoms with E-state index in [1.165, 1.54) is 0 Å². The molecule has 1 aromatic carbocycles. The normalized spacial score (nSPS) is 10.4. The van der Waals surface area contributed by atoms with Crippen LogP contribution in [-0.4, -0.2) is 24.1 Å². The predicted molar refractivity (Wildman–Crippen MR) is 81.9 cm³/mol. The number of benzene rings is 1. The van der Waals surface area contributed by atoms with E-state index in [-0.39, 0.29) is 18.9 Å². The van der Waals surface area contributed by atoms with E-state index in [4.69, 9.17) is 11.2 Å². The number of hydrogen-bond donors (Lipinski definition) is 2. The first-order valence-corrected chi connectivity index (χ1v) is 6.63. The van der Waals surface area contributed by atoms with Gasteiger partial charge in [0.15, 0.2) is 0 Å². The van der Waals surface area contributed by atoms with Crippen LogP contribution in [0.5, 0.6) is 0 Å². The Balaban J connectivity index is 2.35. The lowest BCUT2D eigenvalue weighted by atomic mass is 10.2. The van der Waals surface area contributed by atoms with Crippen LogP contribution in [0.25, 0.3) is 0 Å². The Hall–Kier alpha value is -2.48. The third-order valence-corrected chi connectivity index (χ3v) is 2.33. The summed E-state index contributed by atoms with van der Waals surface area (Å²) in [5.41, 5.74) is 0.773. The average molecular weight is 288 g/mol. The van der Waals surface area contributed by atoms with Crippen LogP contribution in [0.4, 0.5) is 10.5 Å². The van der Waals surface area contributed by atoms with E-state index in [2.05, 4.69) is 16.6 Å². The van der Waals surface area contributed by atoms with Gasteiger partial charge in [0.1, 0.15) is 5.60 Å². The zero-order valence-electron chi connectivity index (χ0n) is 12.5. The standard InChI is InChI=1S/C16H20N2O3/c1-5-12-7-6-8-13(11-12)18-14(19)9-10-17-15(20)21-16(2,3)4/h1,6-8,11H,9-10H2,2-4H3,(H,17,20)(H,18,19). The summed E-state index contributed by atoms with van der Waals surface area (Å²) in [6, 6.07) is 7.00. The summed E-state index contributed by atoms with van der Waals surface area (Å²) in [7, 11) is 0. The summed E-state index contributed by atoms with van der Waals surface area (Å²) in [5.74, 6) is 2.29. The van der Waals surface area contributed by atoms with Crippen LogP contribution in [0.1, 0.15) is 32.8 Å². The number of rotatable bonds is 4. The predicted octanol–water partition coefficient (Wildman–Crippen LogP) is 2.52. The van der Waals surface area contributed by atoms with Crippen molar-refractivity contribution in [2.24, 2.45) is 0 Å². The topological polar surface area (TPSA) is 67.4 Å². The summed E-state index contributed by atoms with van der Waals surface area (Å²) in [6.07, 6.45) is 4.90. The number of hydrogen-bond acceptors (Lipinski definition) is 3. The molecule has 1 rings (SSSR count). The molecule has 0 bridgehead atoms. The number of alkyl carbamates (subject to hydrolysis) is 1.